The van der Waals surface area contributed by atoms with Gasteiger partial charge in [0.1, 0.15) is 12.3 Å². The fourth-order valence-electron chi connectivity index (χ4n) is 1.38. The fraction of sp³-hybridized carbons (Fsp3) is 0.333. The average molecular weight is 316 g/mol. The van der Waals surface area contributed by atoms with E-state index in [1.165, 1.54) is 18.1 Å². The topological polar surface area (TPSA) is 66.8 Å². The number of ether oxygens (including phenoxy) is 1. The molecule has 0 heterocycles. The van der Waals surface area contributed by atoms with Crippen LogP contribution in [0.2, 0.25) is 0 Å². The highest BCUT2D eigenvalue weighted by Gasteiger charge is 2.18. The molecule has 1 N–H and O–H groups in total. The zero-order valence-corrected chi connectivity index (χ0v) is 11.7. The second kappa shape index (κ2) is 6.39. The molecule has 0 unspecified atom stereocenters. The van der Waals surface area contributed by atoms with Crippen LogP contribution in [0.4, 0.5) is 0 Å². The number of likely N-dealkylation sites (N-methyl/N-ethyl adjacent to an activating group) is 1. The van der Waals surface area contributed by atoms with Gasteiger partial charge in [-0.2, -0.15) is 0 Å². The van der Waals surface area contributed by atoms with Crippen LogP contribution in [-0.4, -0.2) is 42.1 Å². The second-order valence-electron chi connectivity index (χ2n) is 3.56. The lowest BCUT2D eigenvalue weighted by Gasteiger charge is -2.19. The van der Waals surface area contributed by atoms with Crippen LogP contribution >= 0.6 is 15.9 Å². The third-order valence-corrected chi connectivity index (χ3v) is 3.08. The largest absolute Gasteiger partial charge is 0.507 e. The first-order valence-corrected chi connectivity index (χ1v) is 6.13. The van der Waals surface area contributed by atoms with Gasteiger partial charge in [-0.05, 0) is 41.1 Å². The summed E-state index contributed by atoms with van der Waals surface area (Å²) in [7, 11) is 1.27. The fourth-order valence-corrected chi connectivity index (χ4v) is 1.62. The zero-order valence-electron chi connectivity index (χ0n) is 10.1. The molecule has 1 amide bonds. The van der Waals surface area contributed by atoms with Gasteiger partial charge in [-0.15, -0.1) is 0 Å². The monoisotopic (exact) mass is 315 g/mol. The van der Waals surface area contributed by atoms with E-state index >= 15 is 0 Å². The van der Waals surface area contributed by atoms with E-state index in [9.17, 15) is 14.7 Å². The highest BCUT2D eigenvalue weighted by atomic mass is 79.9. The Morgan fingerprint density at radius 2 is 2.11 bits per heavy atom. The number of halogens is 1. The van der Waals surface area contributed by atoms with Gasteiger partial charge in [-0.3, -0.25) is 9.59 Å². The first-order valence-electron chi connectivity index (χ1n) is 5.34. The summed E-state index contributed by atoms with van der Waals surface area (Å²) in [5.41, 5.74) is 0.321. The van der Waals surface area contributed by atoms with Crippen LogP contribution in [0.15, 0.2) is 22.7 Å². The van der Waals surface area contributed by atoms with Gasteiger partial charge in [0.2, 0.25) is 0 Å². The van der Waals surface area contributed by atoms with Crippen LogP contribution in [0.3, 0.4) is 0 Å². The van der Waals surface area contributed by atoms with E-state index in [4.69, 9.17) is 0 Å². The molecule has 0 aliphatic rings. The van der Waals surface area contributed by atoms with E-state index in [2.05, 4.69) is 20.7 Å². The molecule has 0 aromatic heterocycles. The molecule has 0 radical (unpaired) electrons. The molecule has 0 atom stereocenters. The first kappa shape index (κ1) is 14.5. The molecule has 0 saturated heterocycles. The Morgan fingerprint density at radius 1 is 1.44 bits per heavy atom. The molecule has 6 heteroatoms. The normalized spacial score (nSPS) is 9.94. The van der Waals surface area contributed by atoms with Gasteiger partial charge in [0.05, 0.1) is 11.6 Å². The van der Waals surface area contributed by atoms with Crippen LogP contribution in [0, 0.1) is 0 Å². The van der Waals surface area contributed by atoms with Crippen molar-refractivity contribution in [2.45, 2.75) is 6.92 Å². The summed E-state index contributed by atoms with van der Waals surface area (Å²) < 4.78 is 5.03. The van der Waals surface area contributed by atoms with Crippen LogP contribution in [-0.2, 0) is 9.53 Å². The SMILES string of the molecule is CCN(CC(=O)OC)C(=O)c1ccc(Br)c(O)c1. The van der Waals surface area contributed by atoms with Crippen molar-refractivity contribution in [1.29, 1.82) is 0 Å². The van der Waals surface area contributed by atoms with Crippen molar-refractivity contribution in [3.63, 3.8) is 0 Å². The molecule has 0 aliphatic carbocycles. The lowest BCUT2D eigenvalue weighted by Crippen LogP contribution is -2.36. The molecular weight excluding hydrogens is 302 g/mol. The molecule has 0 bridgehead atoms. The summed E-state index contributed by atoms with van der Waals surface area (Å²) in [6.07, 6.45) is 0. The minimum Gasteiger partial charge on any atom is -0.507 e. The van der Waals surface area contributed by atoms with Gasteiger partial charge in [-0.25, -0.2) is 0 Å². The average Bonchev–Trinajstić information content (AvgIpc) is 2.38. The van der Waals surface area contributed by atoms with Crippen molar-refractivity contribution in [2.75, 3.05) is 20.2 Å². The van der Waals surface area contributed by atoms with Crippen LogP contribution < -0.4 is 0 Å². The highest BCUT2D eigenvalue weighted by molar-refractivity contribution is 9.10. The van der Waals surface area contributed by atoms with E-state index in [1.807, 2.05) is 0 Å². The van der Waals surface area contributed by atoms with E-state index in [0.29, 0.717) is 16.6 Å². The van der Waals surface area contributed by atoms with E-state index in [-0.39, 0.29) is 18.2 Å². The highest BCUT2D eigenvalue weighted by Crippen LogP contribution is 2.24. The maximum absolute atomic E-state index is 12.1. The number of rotatable bonds is 4. The number of carbonyl (C=O) groups is 2. The molecule has 1 aromatic rings. The van der Waals surface area contributed by atoms with Crippen LogP contribution in [0.5, 0.6) is 5.75 Å². The summed E-state index contributed by atoms with van der Waals surface area (Å²) in [5.74, 6) is -0.827. The number of aromatic hydroxyl groups is 1. The number of phenols is 1. The number of carbonyl (C=O) groups excluding carboxylic acids is 2. The Labute approximate surface area is 113 Å². The molecule has 18 heavy (non-hydrogen) atoms. The lowest BCUT2D eigenvalue weighted by molar-refractivity contribution is -0.141. The molecule has 98 valence electrons. The number of esters is 1. The third kappa shape index (κ3) is 3.46. The first-order chi connectivity index (χ1) is 8.49. The number of amides is 1. The van der Waals surface area contributed by atoms with Gasteiger partial charge >= 0.3 is 5.97 Å². The zero-order chi connectivity index (χ0) is 13.7. The van der Waals surface area contributed by atoms with Crippen LogP contribution in [0.25, 0.3) is 0 Å². The van der Waals surface area contributed by atoms with Crippen molar-refractivity contribution in [3.05, 3.63) is 28.2 Å². The van der Waals surface area contributed by atoms with E-state index in [0.717, 1.165) is 0 Å². The molecule has 1 rings (SSSR count). The lowest BCUT2D eigenvalue weighted by atomic mass is 10.2. The van der Waals surface area contributed by atoms with Crippen molar-refractivity contribution in [3.8, 4) is 5.75 Å². The summed E-state index contributed by atoms with van der Waals surface area (Å²) in [5, 5.41) is 9.52. The van der Waals surface area contributed by atoms with Crippen molar-refractivity contribution in [1.82, 2.24) is 4.90 Å². The van der Waals surface area contributed by atoms with Crippen molar-refractivity contribution in [2.24, 2.45) is 0 Å². The third-order valence-electron chi connectivity index (χ3n) is 2.41. The van der Waals surface area contributed by atoms with Gasteiger partial charge in [0.25, 0.3) is 5.91 Å². The maximum atomic E-state index is 12.1. The standard InChI is InChI=1S/C12H14BrNO4/c1-3-14(7-11(16)18-2)12(17)8-4-5-9(13)10(15)6-8/h4-6,15H,3,7H2,1-2H3. The van der Waals surface area contributed by atoms with Crippen molar-refractivity contribution < 1.29 is 19.4 Å². The van der Waals surface area contributed by atoms with Gasteiger partial charge < -0.3 is 14.7 Å². The summed E-state index contributed by atoms with van der Waals surface area (Å²) in [6, 6.07) is 4.51. The predicted octanol–water partition coefficient (Wildman–Crippen LogP) is 1.79. The Morgan fingerprint density at radius 3 is 2.61 bits per heavy atom. The minimum absolute atomic E-state index is 0.0185. The maximum Gasteiger partial charge on any atom is 0.325 e. The summed E-state index contributed by atoms with van der Waals surface area (Å²) in [4.78, 5) is 24.6. The Kier molecular flexibility index (Phi) is 5.15. The van der Waals surface area contributed by atoms with Gasteiger partial charge in [-0.1, -0.05) is 0 Å². The predicted molar refractivity (Wildman–Crippen MR) is 69.4 cm³/mol. The minimum atomic E-state index is -0.480. The van der Waals surface area contributed by atoms with Gasteiger partial charge in [0, 0.05) is 12.1 Å². The van der Waals surface area contributed by atoms with Gasteiger partial charge in [0.15, 0.2) is 0 Å². The van der Waals surface area contributed by atoms with Crippen molar-refractivity contribution >= 4 is 27.8 Å². The Hall–Kier alpha value is -1.56. The van der Waals surface area contributed by atoms with E-state index in [1.54, 1.807) is 19.1 Å². The molecule has 1 aromatic carbocycles. The number of methoxy groups -OCH3 is 1. The Balaban J connectivity index is 2.89. The molecule has 0 saturated carbocycles. The number of nitrogens with zero attached hydrogens (tertiary/aromatic N) is 1. The number of benzene rings is 1. The van der Waals surface area contributed by atoms with Crippen LogP contribution in [0.1, 0.15) is 17.3 Å². The summed E-state index contributed by atoms with van der Waals surface area (Å²) in [6.45, 7) is 2.03. The number of hydrogen-bond donors (Lipinski definition) is 1. The summed E-state index contributed by atoms with van der Waals surface area (Å²) >= 11 is 3.14. The smallest absolute Gasteiger partial charge is 0.325 e. The quantitative estimate of drug-likeness (QED) is 0.860. The second-order valence-corrected chi connectivity index (χ2v) is 4.42. The molecule has 0 aliphatic heterocycles. The molecule has 5 nitrogen and oxygen atoms in total. The molecular formula is C12H14BrNO4. The number of hydrogen-bond acceptors (Lipinski definition) is 4. The Bertz CT molecular complexity index is 461. The van der Waals surface area contributed by atoms with E-state index < -0.39 is 5.97 Å². The molecule has 0 spiro atoms. The number of phenolic OH excluding ortho intramolecular Hbond substituents is 1. The molecule has 0 fully saturated rings.